The number of aromatic nitrogens is 3. The quantitative estimate of drug-likeness (QED) is 0.192. The van der Waals surface area contributed by atoms with Crippen molar-refractivity contribution in [3.8, 4) is 11.1 Å². The third-order valence-electron chi connectivity index (χ3n) is 14.9. The van der Waals surface area contributed by atoms with Crippen LogP contribution in [0.2, 0.25) is 0 Å². The molecule has 3 heteroatoms. The van der Waals surface area contributed by atoms with Crippen LogP contribution in [0.4, 0.5) is 0 Å². The number of benzene rings is 2. The van der Waals surface area contributed by atoms with Crippen molar-refractivity contribution in [2.75, 3.05) is 0 Å². The second kappa shape index (κ2) is 9.65. The fourth-order valence-corrected chi connectivity index (χ4v) is 13.5. The fourth-order valence-electron chi connectivity index (χ4n) is 13.5. The van der Waals surface area contributed by atoms with Crippen LogP contribution in [0, 0.1) is 23.7 Å². The van der Waals surface area contributed by atoms with E-state index in [0.717, 1.165) is 23.7 Å². The van der Waals surface area contributed by atoms with Crippen LogP contribution >= 0.6 is 0 Å². The van der Waals surface area contributed by atoms with Crippen LogP contribution in [0.5, 0.6) is 0 Å². The maximum Gasteiger partial charge on any atom is 0.0763 e. The van der Waals surface area contributed by atoms with Crippen molar-refractivity contribution in [3.63, 3.8) is 0 Å². The Morgan fingerprint density at radius 1 is 0.510 bits per heavy atom. The van der Waals surface area contributed by atoms with Gasteiger partial charge in [-0.1, -0.05) is 58.0 Å². The largest absolute Gasteiger partial charge is 0.304 e. The number of rotatable bonds is 3. The highest BCUT2D eigenvalue weighted by Gasteiger charge is 2.47. The summed E-state index contributed by atoms with van der Waals surface area (Å²) in [4.78, 5) is 11.8. The maximum absolute atomic E-state index is 5.88. The lowest BCUT2D eigenvalue weighted by Crippen LogP contribution is -2.25. The Morgan fingerprint density at radius 2 is 0.939 bits per heavy atom. The van der Waals surface area contributed by atoms with Crippen molar-refractivity contribution in [3.05, 3.63) is 76.4 Å². The minimum absolute atomic E-state index is 0.356. The summed E-state index contributed by atoms with van der Waals surface area (Å²) >= 11 is 0. The Labute approximate surface area is 290 Å². The second-order valence-corrected chi connectivity index (χ2v) is 18.6. The fraction of sp³-hybridized carbons (Fsp3) is 0.522. The lowest BCUT2D eigenvalue weighted by atomic mass is 9.67. The van der Waals surface area contributed by atoms with E-state index < -0.39 is 0 Å². The van der Waals surface area contributed by atoms with Crippen LogP contribution in [-0.4, -0.2) is 14.4 Å². The number of nitrogens with zero attached hydrogens (tertiary/aromatic N) is 3. The van der Waals surface area contributed by atoms with E-state index in [0.29, 0.717) is 35.5 Å². The predicted molar refractivity (Wildman–Crippen MR) is 201 cm³/mol. The summed E-state index contributed by atoms with van der Waals surface area (Å²) in [6.07, 6.45) is 13.8. The Hall–Kier alpha value is -3.46. The van der Waals surface area contributed by atoms with Crippen LogP contribution in [0.1, 0.15) is 161 Å². The number of hydrogen-bond acceptors (Lipinski definition) is 2. The minimum Gasteiger partial charge on any atom is -0.304 e. The van der Waals surface area contributed by atoms with Gasteiger partial charge < -0.3 is 4.40 Å². The molecular formula is C46H49N3. The summed E-state index contributed by atoms with van der Waals surface area (Å²) in [5, 5.41) is 6.12. The minimum atomic E-state index is 0.356. The molecule has 0 aliphatic heterocycles. The molecule has 0 N–H and O–H groups in total. The normalized spacial score (nSPS) is 31.2. The molecule has 3 nitrogen and oxygen atoms in total. The zero-order valence-electron chi connectivity index (χ0n) is 29.7. The van der Waals surface area contributed by atoms with E-state index in [1.807, 2.05) is 0 Å². The smallest absolute Gasteiger partial charge is 0.0763 e. The van der Waals surface area contributed by atoms with Gasteiger partial charge in [0.1, 0.15) is 0 Å². The van der Waals surface area contributed by atoms with E-state index in [9.17, 15) is 0 Å². The average molecular weight is 644 g/mol. The Balaban J connectivity index is 1.32. The Kier molecular flexibility index (Phi) is 5.57. The molecule has 49 heavy (non-hydrogen) atoms. The average Bonchev–Trinajstić information content (AvgIpc) is 3.48. The van der Waals surface area contributed by atoms with Gasteiger partial charge >= 0.3 is 0 Å². The first-order chi connectivity index (χ1) is 23.9. The van der Waals surface area contributed by atoms with Crippen LogP contribution < -0.4 is 0 Å². The van der Waals surface area contributed by atoms with E-state index in [2.05, 4.69) is 74.6 Å². The molecular weight excluding hydrogens is 595 g/mol. The molecule has 4 fully saturated rings. The zero-order valence-corrected chi connectivity index (χ0v) is 29.7. The predicted octanol–water partition coefficient (Wildman–Crippen LogP) is 12.3. The van der Waals surface area contributed by atoms with Gasteiger partial charge in [0.15, 0.2) is 0 Å². The second-order valence-electron chi connectivity index (χ2n) is 18.6. The molecule has 4 unspecified atom stereocenters. The third kappa shape index (κ3) is 3.65. The van der Waals surface area contributed by atoms with Crippen molar-refractivity contribution < 1.29 is 0 Å². The molecule has 4 atom stereocenters. The topological polar surface area (TPSA) is 30.2 Å². The molecule has 248 valence electrons. The molecule has 0 radical (unpaired) electrons. The molecule has 0 saturated heterocycles. The van der Waals surface area contributed by atoms with Gasteiger partial charge in [-0.25, -0.2) is 0 Å². The van der Waals surface area contributed by atoms with Gasteiger partial charge in [-0.05, 0) is 146 Å². The highest BCUT2D eigenvalue weighted by atomic mass is 15.0. The molecule has 6 aromatic rings. The highest BCUT2D eigenvalue weighted by molar-refractivity contribution is 6.26. The van der Waals surface area contributed by atoms with Crippen LogP contribution in [0.3, 0.4) is 0 Å². The summed E-state index contributed by atoms with van der Waals surface area (Å²) in [5.41, 5.74) is 16.0. The monoisotopic (exact) mass is 643 g/mol. The summed E-state index contributed by atoms with van der Waals surface area (Å²) in [6, 6.07) is 16.5. The Bertz CT molecular complexity index is 2190. The Morgan fingerprint density at radius 3 is 1.37 bits per heavy atom. The zero-order chi connectivity index (χ0) is 32.4. The van der Waals surface area contributed by atoms with Gasteiger partial charge in [0.05, 0.1) is 27.9 Å². The summed E-state index contributed by atoms with van der Waals surface area (Å²) in [6.45, 7) is 9.61. The summed E-state index contributed by atoms with van der Waals surface area (Å²) in [7, 11) is 0. The van der Waals surface area contributed by atoms with Gasteiger partial charge in [-0.2, -0.15) is 0 Å². The van der Waals surface area contributed by atoms with Gasteiger partial charge in [-0.15, -0.1) is 0 Å². The molecule has 14 rings (SSSR count). The van der Waals surface area contributed by atoms with Crippen molar-refractivity contribution in [1.29, 1.82) is 0 Å². The van der Waals surface area contributed by atoms with E-state index in [1.165, 1.54) is 125 Å². The molecule has 2 aromatic carbocycles. The first-order valence-electron chi connectivity index (χ1n) is 20.1. The van der Waals surface area contributed by atoms with Crippen molar-refractivity contribution >= 4 is 38.1 Å². The van der Waals surface area contributed by atoms with Gasteiger partial charge in [-0.3, -0.25) is 9.97 Å². The highest BCUT2D eigenvalue weighted by Crippen LogP contribution is 2.61. The summed E-state index contributed by atoms with van der Waals surface area (Å²) in [5.74, 6) is 6.78. The standard InChI is InChI=1S/C46H49N3/c1-22(2)40-45-38(36-30-12-24-10-25(13-30)17-32(16-24)42(36)47-40)34-20-29(28-8-6-5-7-9-28)21-35-39-37-31-14-26-11-27(15-31)19-33(18-26)43(37)48-41(23(3)4)46(39)49(45)44(34)35/h5-9,20-27,30-33H,10-19H2,1-4H3. The van der Waals surface area contributed by atoms with Gasteiger partial charge in [0.2, 0.25) is 0 Å². The van der Waals surface area contributed by atoms with Crippen LogP contribution in [0.15, 0.2) is 42.5 Å². The molecule has 4 heterocycles. The SMILES string of the molecule is CC(C)c1nc2c(c3c4cc(-c5ccccc5)cc5c6c7c(nc(C(C)C)c6n(c13)c45)C1CC3CC(C1)CC7C3)C1CC3CC(CC2C3)C1. The van der Waals surface area contributed by atoms with E-state index in [-0.39, 0.29) is 0 Å². The van der Waals surface area contributed by atoms with Crippen LogP contribution in [0.25, 0.3) is 49.2 Å². The van der Waals surface area contributed by atoms with Crippen molar-refractivity contribution in [2.24, 2.45) is 23.7 Å². The van der Waals surface area contributed by atoms with Crippen molar-refractivity contribution in [2.45, 2.75) is 127 Å². The molecule has 8 bridgehead atoms. The number of fused-ring (bicyclic) bond motifs is 6. The summed E-state index contributed by atoms with van der Waals surface area (Å²) < 4.78 is 2.78. The maximum atomic E-state index is 5.88. The van der Waals surface area contributed by atoms with Gasteiger partial charge in [0, 0.05) is 44.8 Å². The number of pyridine rings is 2. The molecule has 8 aliphatic rings. The van der Waals surface area contributed by atoms with E-state index in [4.69, 9.17) is 9.97 Å². The molecule has 0 amide bonds. The number of hydrogen-bond donors (Lipinski definition) is 0. The van der Waals surface area contributed by atoms with E-state index >= 15 is 0 Å². The first kappa shape index (κ1) is 28.3. The van der Waals surface area contributed by atoms with Crippen molar-refractivity contribution in [1.82, 2.24) is 14.4 Å². The molecule has 8 aliphatic carbocycles. The van der Waals surface area contributed by atoms with E-state index in [1.54, 1.807) is 21.9 Å². The third-order valence-corrected chi connectivity index (χ3v) is 14.9. The molecule has 4 aromatic heterocycles. The lowest BCUT2D eigenvalue weighted by molar-refractivity contribution is 0.165. The molecule has 4 saturated carbocycles. The van der Waals surface area contributed by atoms with Crippen LogP contribution in [-0.2, 0) is 0 Å². The lowest BCUT2D eigenvalue weighted by Gasteiger charge is -2.38. The first-order valence-corrected chi connectivity index (χ1v) is 20.1. The van der Waals surface area contributed by atoms with Gasteiger partial charge in [0.25, 0.3) is 0 Å². The molecule has 0 spiro atoms.